The molecule has 0 unspecified atom stereocenters. The minimum atomic E-state index is -0.816. The third kappa shape index (κ3) is 3.70. The second-order valence-electron chi connectivity index (χ2n) is 3.65. The highest BCUT2D eigenvalue weighted by atomic mass is 35.5. The van der Waals surface area contributed by atoms with Gasteiger partial charge in [-0.15, -0.1) is 0 Å². The quantitative estimate of drug-likeness (QED) is 0.674. The average Bonchev–Trinajstić information content (AvgIpc) is 2.36. The van der Waals surface area contributed by atoms with Gasteiger partial charge in [-0.25, -0.2) is 14.6 Å². The number of alkyl carbamates (subject to hydrolysis) is 1. The fourth-order valence-corrected chi connectivity index (χ4v) is 1.66. The van der Waals surface area contributed by atoms with Gasteiger partial charge in [-0.2, -0.15) is 0 Å². The summed E-state index contributed by atoms with van der Waals surface area (Å²) in [5, 5.41) is 2.66. The smallest absolute Gasteiger partial charge is 0.371 e. The molecule has 0 atom stereocenters. The minimum absolute atomic E-state index is 0.0968. The lowest BCUT2D eigenvalue weighted by Crippen LogP contribution is -2.24. The maximum absolute atomic E-state index is 11.7. The molecule has 1 N–H and O–H groups in total. The lowest BCUT2D eigenvalue weighted by Gasteiger charge is -2.08. The summed E-state index contributed by atoms with van der Waals surface area (Å²) in [6.07, 6.45) is 3.07. The maximum atomic E-state index is 11.7. The summed E-state index contributed by atoms with van der Waals surface area (Å²) < 4.78 is 4.55. The van der Waals surface area contributed by atoms with Gasteiger partial charge in [-0.1, -0.05) is 24.9 Å². The van der Waals surface area contributed by atoms with Gasteiger partial charge in [0.05, 0.1) is 0 Å². The Labute approximate surface area is 110 Å². The topological polar surface area (TPSA) is 68.3 Å². The number of aromatic nitrogens is 1. The van der Waals surface area contributed by atoms with Crippen molar-refractivity contribution in [3.63, 3.8) is 0 Å². The molecule has 0 aliphatic rings. The fourth-order valence-electron chi connectivity index (χ4n) is 1.42. The maximum Gasteiger partial charge on any atom is 0.414 e. The first-order valence-corrected chi connectivity index (χ1v) is 6.05. The summed E-state index contributed by atoms with van der Waals surface area (Å²) in [5.74, 6) is -0.789. The van der Waals surface area contributed by atoms with Crippen LogP contribution in [-0.2, 0) is 11.2 Å². The zero-order chi connectivity index (χ0) is 13.5. The monoisotopic (exact) mass is 270 g/mol. The third-order valence-electron chi connectivity index (χ3n) is 2.36. The Bertz CT molecular complexity index is 449. The number of rotatable bonds is 4. The molecule has 0 radical (unpaired) electrons. The second-order valence-corrected chi connectivity index (χ2v) is 4.06. The Morgan fingerprint density at radius 1 is 1.50 bits per heavy atom. The number of carbonyl (C=O) groups excluding carboxylic acids is 2. The van der Waals surface area contributed by atoms with Gasteiger partial charge in [0, 0.05) is 23.8 Å². The molecule has 0 bridgehead atoms. The summed E-state index contributed by atoms with van der Waals surface area (Å²) >= 11 is 6.03. The molecule has 1 aromatic rings. The minimum Gasteiger partial charge on any atom is -0.371 e. The normalized spacial score (nSPS) is 9.94. The van der Waals surface area contributed by atoms with Crippen molar-refractivity contribution in [1.29, 1.82) is 0 Å². The summed E-state index contributed by atoms with van der Waals surface area (Å²) in [4.78, 5) is 26.7. The highest BCUT2D eigenvalue weighted by Gasteiger charge is 2.19. The van der Waals surface area contributed by atoms with Gasteiger partial charge in [0.1, 0.15) is 0 Å². The van der Waals surface area contributed by atoms with Crippen molar-refractivity contribution < 1.29 is 14.3 Å². The number of hydrogen-bond acceptors (Lipinski definition) is 4. The Kier molecular flexibility index (Phi) is 5.58. The van der Waals surface area contributed by atoms with Crippen LogP contribution in [-0.4, -0.2) is 24.1 Å². The van der Waals surface area contributed by atoms with Crippen molar-refractivity contribution in [2.45, 2.75) is 26.2 Å². The largest absolute Gasteiger partial charge is 0.414 e. The molecular weight excluding hydrogens is 256 g/mol. The van der Waals surface area contributed by atoms with Crippen LogP contribution in [0.5, 0.6) is 0 Å². The number of esters is 1. The van der Waals surface area contributed by atoms with Crippen molar-refractivity contribution in [2.75, 3.05) is 7.05 Å². The number of hydrogen-bond donors (Lipinski definition) is 1. The molecule has 0 aromatic carbocycles. The molecule has 1 amide bonds. The molecule has 0 aliphatic carbocycles. The molecule has 6 heteroatoms. The predicted octanol–water partition coefficient (Wildman–Crippen LogP) is 2.57. The Hall–Kier alpha value is -1.62. The lowest BCUT2D eigenvalue weighted by atomic mass is 10.1. The highest BCUT2D eigenvalue weighted by Crippen LogP contribution is 2.21. The van der Waals surface area contributed by atoms with E-state index in [1.807, 2.05) is 6.92 Å². The summed E-state index contributed by atoms with van der Waals surface area (Å²) in [6.45, 7) is 2.03. The van der Waals surface area contributed by atoms with Crippen LogP contribution in [0.15, 0.2) is 12.3 Å². The number of unbranched alkanes of at least 4 members (excludes halogenated alkanes) is 1. The SMILES string of the molecule is CCCCc1c(Cl)ccnc1C(=O)OC(=O)NC. The van der Waals surface area contributed by atoms with E-state index in [-0.39, 0.29) is 5.69 Å². The van der Waals surface area contributed by atoms with Gasteiger partial charge >= 0.3 is 12.1 Å². The molecule has 0 fully saturated rings. The van der Waals surface area contributed by atoms with E-state index in [9.17, 15) is 9.59 Å². The standard InChI is InChI=1S/C12H15ClN2O3/c1-3-4-5-8-9(13)6-7-15-10(8)11(16)18-12(17)14-2/h6-7H,3-5H2,1-2H3,(H,14,17). The number of nitrogens with zero attached hydrogens (tertiary/aromatic N) is 1. The van der Waals surface area contributed by atoms with Crippen molar-refractivity contribution in [3.05, 3.63) is 28.5 Å². The van der Waals surface area contributed by atoms with Crippen molar-refractivity contribution >= 4 is 23.7 Å². The fraction of sp³-hybridized carbons (Fsp3) is 0.417. The first-order valence-electron chi connectivity index (χ1n) is 5.67. The molecule has 0 spiro atoms. The van der Waals surface area contributed by atoms with Crippen LogP contribution in [0.2, 0.25) is 5.02 Å². The Morgan fingerprint density at radius 3 is 2.83 bits per heavy atom. The van der Waals surface area contributed by atoms with Crippen molar-refractivity contribution in [1.82, 2.24) is 10.3 Å². The first kappa shape index (κ1) is 14.4. The molecule has 1 aromatic heterocycles. The average molecular weight is 271 g/mol. The summed E-state index contributed by atoms with van der Waals surface area (Å²) in [6, 6.07) is 1.61. The van der Waals surface area contributed by atoms with Gasteiger partial charge in [-0.3, -0.25) is 0 Å². The van der Waals surface area contributed by atoms with Crippen LogP contribution in [0, 0.1) is 0 Å². The van der Waals surface area contributed by atoms with Crippen LogP contribution in [0.25, 0.3) is 0 Å². The molecule has 0 saturated heterocycles. The Balaban J connectivity index is 2.96. The van der Waals surface area contributed by atoms with Gasteiger partial charge in [0.25, 0.3) is 0 Å². The molecule has 0 saturated carbocycles. The summed E-state index contributed by atoms with van der Waals surface area (Å²) in [5.41, 5.74) is 0.717. The van der Waals surface area contributed by atoms with Crippen LogP contribution >= 0.6 is 11.6 Å². The van der Waals surface area contributed by atoms with Crippen LogP contribution in [0.4, 0.5) is 4.79 Å². The first-order chi connectivity index (χ1) is 8.60. The van der Waals surface area contributed by atoms with Gasteiger partial charge in [0.15, 0.2) is 5.69 Å². The van der Waals surface area contributed by atoms with Gasteiger partial charge in [-0.05, 0) is 18.9 Å². The lowest BCUT2D eigenvalue weighted by molar-refractivity contribution is 0.0618. The van der Waals surface area contributed by atoms with Gasteiger partial charge < -0.3 is 10.1 Å². The van der Waals surface area contributed by atoms with Gasteiger partial charge in [0.2, 0.25) is 0 Å². The number of nitrogens with one attached hydrogen (secondary N) is 1. The third-order valence-corrected chi connectivity index (χ3v) is 2.72. The van der Waals surface area contributed by atoms with E-state index in [2.05, 4.69) is 15.0 Å². The number of amides is 1. The number of ether oxygens (including phenoxy) is 1. The Morgan fingerprint density at radius 2 is 2.22 bits per heavy atom. The molecule has 5 nitrogen and oxygen atoms in total. The number of halogens is 1. The second kappa shape index (κ2) is 6.96. The number of pyridine rings is 1. The van der Waals surface area contributed by atoms with Crippen LogP contribution in [0.3, 0.4) is 0 Å². The predicted molar refractivity (Wildman–Crippen MR) is 67.7 cm³/mol. The molecular formula is C12H15ClN2O3. The van der Waals surface area contributed by atoms with E-state index in [0.29, 0.717) is 17.0 Å². The van der Waals surface area contributed by atoms with Crippen molar-refractivity contribution in [3.8, 4) is 0 Å². The number of carbonyl (C=O) groups is 2. The van der Waals surface area contributed by atoms with E-state index in [0.717, 1.165) is 12.8 Å². The molecule has 0 aliphatic heterocycles. The van der Waals surface area contributed by atoms with Crippen LogP contribution < -0.4 is 5.32 Å². The zero-order valence-corrected chi connectivity index (χ0v) is 11.1. The van der Waals surface area contributed by atoms with E-state index in [4.69, 9.17) is 11.6 Å². The van der Waals surface area contributed by atoms with Crippen molar-refractivity contribution in [2.24, 2.45) is 0 Å². The van der Waals surface area contributed by atoms with E-state index < -0.39 is 12.1 Å². The van der Waals surface area contributed by atoms with Crippen LogP contribution in [0.1, 0.15) is 35.8 Å². The molecule has 1 rings (SSSR count). The molecule has 1 heterocycles. The molecule has 18 heavy (non-hydrogen) atoms. The zero-order valence-electron chi connectivity index (χ0n) is 10.3. The van der Waals surface area contributed by atoms with E-state index in [1.165, 1.54) is 13.2 Å². The van der Waals surface area contributed by atoms with E-state index in [1.54, 1.807) is 6.07 Å². The highest BCUT2D eigenvalue weighted by molar-refractivity contribution is 6.31. The summed E-state index contributed by atoms with van der Waals surface area (Å²) in [7, 11) is 1.37. The molecule has 98 valence electrons. The van der Waals surface area contributed by atoms with E-state index >= 15 is 0 Å².